The van der Waals surface area contributed by atoms with E-state index >= 15 is 0 Å². The van der Waals surface area contributed by atoms with Crippen molar-refractivity contribution in [3.8, 4) is 0 Å². The van der Waals surface area contributed by atoms with E-state index in [4.69, 9.17) is 47.7 Å². The molecule has 4 aliphatic rings. The second-order valence-electron chi connectivity index (χ2n) is 22.6. The Morgan fingerprint density at radius 2 is 1.46 bits per heavy atom. The highest BCUT2D eigenvalue weighted by Gasteiger charge is 2.53. The first-order valence-electron chi connectivity index (χ1n) is 28.5. The maximum atomic E-state index is 14.7. The molecular weight excluding hydrogens is 1060 g/mol. The summed E-state index contributed by atoms with van der Waals surface area (Å²) in [5.74, 6) is -9.68. The normalized spacial score (nSPS) is 33.9. The highest BCUT2D eigenvalue weighted by molar-refractivity contribution is 6.39. The molecule has 81 heavy (non-hydrogen) atoms. The van der Waals surface area contributed by atoms with Crippen LogP contribution in [-0.4, -0.2) is 193 Å². The van der Waals surface area contributed by atoms with Gasteiger partial charge in [-0.3, -0.25) is 19.2 Å². The summed E-state index contributed by atoms with van der Waals surface area (Å²) in [7, 11) is 4.29. The minimum atomic E-state index is -2.51. The van der Waals surface area contributed by atoms with Crippen LogP contribution in [0, 0.1) is 35.5 Å². The summed E-state index contributed by atoms with van der Waals surface area (Å²) in [4.78, 5) is 99.2. The molecular formula is C59H91NO21. The van der Waals surface area contributed by atoms with Crippen molar-refractivity contribution in [3.63, 3.8) is 0 Å². The zero-order valence-corrected chi connectivity index (χ0v) is 48.9. The number of amides is 1. The fraction of sp³-hybridized carbons (Fsp3) is 0.746. The second-order valence-corrected chi connectivity index (χ2v) is 22.6. The Labute approximate surface area is 476 Å². The molecule has 17 atom stereocenters. The number of piperidine rings is 1. The van der Waals surface area contributed by atoms with E-state index in [0.29, 0.717) is 57.8 Å². The molecule has 3 heterocycles. The fourth-order valence-electron chi connectivity index (χ4n) is 11.1. The van der Waals surface area contributed by atoms with Gasteiger partial charge in [0.2, 0.25) is 5.79 Å². The molecule has 2 saturated heterocycles. The third-order valence-electron chi connectivity index (χ3n) is 16.1. The van der Waals surface area contributed by atoms with Crippen LogP contribution in [0.25, 0.3) is 0 Å². The van der Waals surface area contributed by atoms with E-state index in [-0.39, 0.29) is 43.2 Å². The first-order chi connectivity index (χ1) is 38.4. The summed E-state index contributed by atoms with van der Waals surface area (Å²) in [6.45, 7) is 9.72. The summed E-state index contributed by atoms with van der Waals surface area (Å²) in [5.41, 5.74) is 0.963. The van der Waals surface area contributed by atoms with Crippen LogP contribution < -0.4 is 0 Å². The molecule has 0 radical (unpaired) electrons. The number of nitrogens with zero attached hydrogens (tertiary/aromatic N) is 1. The van der Waals surface area contributed by atoms with E-state index in [1.54, 1.807) is 20.8 Å². The molecule has 458 valence electrons. The molecule has 3 aliphatic heterocycles. The molecule has 1 amide bonds. The van der Waals surface area contributed by atoms with Crippen LogP contribution in [0.1, 0.15) is 126 Å². The Morgan fingerprint density at radius 3 is 2.09 bits per heavy atom. The minimum Gasteiger partial charge on any atom is -0.460 e. The Bertz CT molecular complexity index is 2210. The van der Waals surface area contributed by atoms with Gasteiger partial charge < -0.3 is 73.1 Å². The topological polar surface area (TPSA) is 307 Å². The van der Waals surface area contributed by atoms with Gasteiger partial charge in [0.05, 0.1) is 31.5 Å². The number of aliphatic hydroxyl groups is 5. The molecule has 4 rings (SSSR count). The molecule has 0 aromatic rings. The van der Waals surface area contributed by atoms with Crippen molar-refractivity contribution < 1.29 is 102 Å². The summed E-state index contributed by atoms with van der Waals surface area (Å²) >= 11 is 0. The number of carbonyl (C=O) groups is 7. The van der Waals surface area contributed by atoms with Gasteiger partial charge in [-0.1, -0.05) is 71.1 Å². The number of hydrogen-bond donors (Lipinski definition) is 5. The standard InChI is InChI=1S/C59H91NO21/c1-34-16-12-11-13-17-35(2)48(73-8)28-44-21-19-40(7)59(72,81-44)54(67)55(68)60-23-15-14-18-45(60)56(69)78-49(37(4)26-41-20-22-47(50(27-41)74-9)79-57(70)76-32-42(63)30-61)29-46(65)36(3)25-39(6)52(53(75-10)51(66)38(5)24-34)80-58(71)77-33-43(64)31-62/h11-13,16-17,25,34,37-45,47-50,52-53,61-64,72H,14-15,18-24,26-33H2,1-10H3/b13-11?,16-12?,35-17?,36-25+/t34-,37-,38-,39?,40-,41+,42?,43?,44?,45?,47-,48+,49+,50-,52-,53+,59-/m1/s1. The number of ketones is 3. The van der Waals surface area contributed by atoms with Gasteiger partial charge in [0.1, 0.15) is 49.8 Å². The second kappa shape index (κ2) is 33.4. The summed E-state index contributed by atoms with van der Waals surface area (Å²) in [5, 5.41) is 50.0. The number of rotatable bonds is 14. The summed E-state index contributed by atoms with van der Waals surface area (Å²) in [6, 6.07) is -1.27. The van der Waals surface area contributed by atoms with Crippen LogP contribution in [0.4, 0.5) is 9.59 Å². The number of allylic oxidation sites excluding steroid dienone is 6. The molecule has 0 spiro atoms. The number of carbonyl (C=O) groups excluding carboxylic acids is 7. The third kappa shape index (κ3) is 20.2. The van der Waals surface area contributed by atoms with Gasteiger partial charge in [-0.15, -0.1) is 0 Å². The zero-order chi connectivity index (χ0) is 60.1. The fourth-order valence-corrected chi connectivity index (χ4v) is 11.1. The molecule has 0 aromatic carbocycles. The van der Waals surface area contributed by atoms with Gasteiger partial charge >= 0.3 is 18.3 Å². The van der Waals surface area contributed by atoms with Crippen LogP contribution >= 0.6 is 0 Å². The van der Waals surface area contributed by atoms with Crippen molar-refractivity contribution in [2.75, 3.05) is 54.3 Å². The Hall–Kier alpha value is -4.91. The number of methoxy groups -OCH3 is 3. The predicted molar refractivity (Wildman–Crippen MR) is 292 cm³/mol. The van der Waals surface area contributed by atoms with Crippen LogP contribution in [-0.2, 0) is 66.6 Å². The van der Waals surface area contributed by atoms with Crippen LogP contribution in [0.3, 0.4) is 0 Å². The number of fused-ring (bicyclic) bond motifs is 3. The maximum Gasteiger partial charge on any atom is 0.508 e. The first kappa shape index (κ1) is 68.6. The molecule has 3 fully saturated rings. The van der Waals surface area contributed by atoms with E-state index < -0.39 is 158 Å². The molecule has 0 aromatic heterocycles. The van der Waals surface area contributed by atoms with Gasteiger partial charge in [0.25, 0.3) is 11.7 Å². The lowest BCUT2D eigenvalue weighted by Gasteiger charge is -2.42. The molecule has 1 aliphatic carbocycles. The zero-order valence-electron chi connectivity index (χ0n) is 48.9. The van der Waals surface area contributed by atoms with Crippen LogP contribution in [0.15, 0.2) is 47.6 Å². The third-order valence-corrected chi connectivity index (χ3v) is 16.1. The van der Waals surface area contributed by atoms with Crippen LogP contribution in [0.5, 0.6) is 0 Å². The lowest BCUT2D eigenvalue weighted by molar-refractivity contribution is -0.265. The van der Waals surface area contributed by atoms with Gasteiger partial charge in [-0.2, -0.15) is 0 Å². The predicted octanol–water partition coefficient (Wildman–Crippen LogP) is 5.21. The number of Topliss-reactive ketones (excluding diaryl/α,β-unsaturated/α-hetero) is 3. The van der Waals surface area contributed by atoms with E-state index in [9.17, 15) is 54.0 Å². The molecule has 5 N–H and O–H groups in total. The average molecular weight is 1150 g/mol. The number of ether oxygens (including phenoxy) is 9. The van der Waals surface area contributed by atoms with Crippen molar-refractivity contribution in [2.45, 2.75) is 192 Å². The highest BCUT2D eigenvalue weighted by Crippen LogP contribution is 2.38. The SMILES string of the molecule is CO[C@H]1CC2CC[C@@H](C)[C@@](O)(O2)C(=O)C(=O)N2CCCCC2C(=O)O[C@H]([C@H](C)C[C@@H]2CC[C@@H](OC(=O)OCC(O)CO)[C@H](OC)C2)CC(=O)/C(C)=C/C(C)[C@@H](OC(=O)OCC(O)CO)[C@@H](OC)C(=O)[C@H](C)C[C@H](C)C=CC=CC=C1C. The number of hydrogen-bond acceptors (Lipinski definition) is 21. The quantitative estimate of drug-likeness (QED) is 0.0847. The number of aliphatic hydroxyl groups excluding tert-OH is 4. The average Bonchev–Trinajstić information content (AvgIpc) is 3.45. The Morgan fingerprint density at radius 1 is 0.790 bits per heavy atom. The Balaban J connectivity index is 1.76. The van der Waals surface area contributed by atoms with Crippen molar-refractivity contribution in [3.05, 3.63) is 47.6 Å². The molecule has 22 heteroatoms. The molecule has 5 unspecified atom stereocenters. The maximum absolute atomic E-state index is 14.7. The van der Waals surface area contributed by atoms with Gasteiger partial charge in [-0.05, 0) is 107 Å². The molecule has 22 nitrogen and oxygen atoms in total. The van der Waals surface area contributed by atoms with E-state index in [1.807, 2.05) is 51.2 Å². The smallest absolute Gasteiger partial charge is 0.460 e. The van der Waals surface area contributed by atoms with E-state index in [1.165, 1.54) is 34.3 Å². The minimum absolute atomic E-state index is 0.00368. The number of esters is 1. The van der Waals surface area contributed by atoms with Gasteiger partial charge in [0, 0.05) is 58.5 Å². The molecule has 2 bridgehead atoms. The largest absolute Gasteiger partial charge is 0.508 e. The van der Waals surface area contributed by atoms with E-state index in [0.717, 1.165) is 10.5 Å². The monoisotopic (exact) mass is 1150 g/mol. The Kier molecular flexibility index (Phi) is 28.3. The highest BCUT2D eigenvalue weighted by atomic mass is 16.7. The lowest BCUT2D eigenvalue weighted by atomic mass is 9.78. The van der Waals surface area contributed by atoms with Crippen molar-refractivity contribution in [1.29, 1.82) is 0 Å². The first-order valence-corrected chi connectivity index (χ1v) is 28.5. The summed E-state index contributed by atoms with van der Waals surface area (Å²) in [6.07, 6.45) is 3.20. The summed E-state index contributed by atoms with van der Waals surface area (Å²) < 4.78 is 51.1. The van der Waals surface area contributed by atoms with Crippen LogP contribution in [0.2, 0.25) is 0 Å². The van der Waals surface area contributed by atoms with E-state index in [2.05, 4.69) is 0 Å². The van der Waals surface area contributed by atoms with Gasteiger partial charge in [0.15, 0.2) is 17.7 Å². The van der Waals surface area contributed by atoms with Crippen molar-refractivity contribution in [2.24, 2.45) is 35.5 Å². The van der Waals surface area contributed by atoms with Gasteiger partial charge in [-0.25, -0.2) is 14.4 Å². The van der Waals surface area contributed by atoms with Crippen molar-refractivity contribution in [1.82, 2.24) is 4.90 Å². The van der Waals surface area contributed by atoms with Crippen molar-refractivity contribution >= 4 is 41.5 Å². The lowest BCUT2D eigenvalue weighted by Crippen LogP contribution is -2.61. The number of cyclic esters (lactones) is 1. The molecule has 1 saturated carbocycles.